The van der Waals surface area contributed by atoms with E-state index in [1.54, 1.807) is 0 Å². The zero-order valence-electron chi connectivity index (χ0n) is 9.94. The molecule has 0 amide bonds. The average Bonchev–Trinajstić information content (AvgIpc) is 2.98. The van der Waals surface area contributed by atoms with E-state index >= 15 is 0 Å². The third-order valence-corrected chi connectivity index (χ3v) is 3.36. The van der Waals surface area contributed by atoms with Crippen LogP contribution in [0.1, 0.15) is 40.0 Å². The SMILES string of the molecule is CCNCC(C)(CCOCC)C1CC1. The van der Waals surface area contributed by atoms with Gasteiger partial charge in [-0.1, -0.05) is 13.8 Å². The molecule has 0 bridgehead atoms. The molecule has 0 heterocycles. The fourth-order valence-electron chi connectivity index (χ4n) is 2.08. The molecule has 1 rings (SSSR count). The highest BCUT2D eigenvalue weighted by molar-refractivity contribution is 4.92. The maximum Gasteiger partial charge on any atom is 0.0471 e. The smallest absolute Gasteiger partial charge is 0.0471 e. The molecule has 2 nitrogen and oxygen atoms in total. The molecule has 1 atom stereocenters. The number of hydrogen-bond acceptors (Lipinski definition) is 2. The average molecular weight is 199 g/mol. The van der Waals surface area contributed by atoms with Crippen LogP contribution in [0.4, 0.5) is 0 Å². The van der Waals surface area contributed by atoms with E-state index in [-0.39, 0.29) is 0 Å². The Bertz CT molecular complexity index is 156. The molecule has 1 unspecified atom stereocenters. The molecule has 14 heavy (non-hydrogen) atoms. The monoisotopic (exact) mass is 199 g/mol. The molecule has 0 spiro atoms. The van der Waals surface area contributed by atoms with Crippen LogP contribution in [-0.2, 0) is 4.74 Å². The van der Waals surface area contributed by atoms with E-state index < -0.39 is 0 Å². The molecule has 0 aromatic rings. The van der Waals surface area contributed by atoms with Gasteiger partial charge in [-0.15, -0.1) is 0 Å². The number of rotatable bonds is 8. The normalized spacial score (nSPS) is 20.8. The summed E-state index contributed by atoms with van der Waals surface area (Å²) in [5.74, 6) is 0.946. The quantitative estimate of drug-likeness (QED) is 0.606. The van der Waals surface area contributed by atoms with Crippen molar-refractivity contribution in [3.63, 3.8) is 0 Å². The van der Waals surface area contributed by atoms with E-state index in [0.717, 1.165) is 32.2 Å². The lowest BCUT2D eigenvalue weighted by atomic mass is 9.81. The van der Waals surface area contributed by atoms with Crippen molar-refractivity contribution in [2.75, 3.05) is 26.3 Å². The summed E-state index contributed by atoms with van der Waals surface area (Å²) in [6.45, 7) is 10.7. The first kappa shape index (κ1) is 12.0. The van der Waals surface area contributed by atoms with Gasteiger partial charge < -0.3 is 10.1 Å². The molecule has 1 aliphatic carbocycles. The zero-order valence-corrected chi connectivity index (χ0v) is 9.94. The maximum atomic E-state index is 5.46. The summed E-state index contributed by atoms with van der Waals surface area (Å²) in [7, 11) is 0. The van der Waals surface area contributed by atoms with Gasteiger partial charge in [-0.2, -0.15) is 0 Å². The molecular weight excluding hydrogens is 174 g/mol. The lowest BCUT2D eigenvalue weighted by Gasteiger charge is -2.30. The van der Waals surface area contributed by atoms with Gasteiger partial charge in [-0.3, -0.25) is 0 Å². The first-order chi connectivity index (χ1) is 6.73. The molecule has 0 aromatic carbocycles. The second-order valence-corrected chi connectivity index (χ2v) is 4.66. The van der Waals surface area contributed by atoms with Crippen molar-refractivity contribution < 1.29 is 4.74 Å². The minimum absolute atomic E-state index is 0.477. The fourth-order valence-corrected chi connectivity index (χ4v) is 2.08. The van der Waals surface area contributed by atoms with Crippen LogP contribution >= 0.6 is 0 Å². The summed E-state index contributed by atoms with van der Waals surface area (Å²) < 4.78 is 5.46. The van der Waals surface area contributed by atoms with Crippen LogP contribution in [0, 0.1) is 11.3 Å². The van der Waals surface area contributed by atoms with Gasteiger partial charge in [0.2, 0.25) is 0 Å². The Morgan fingerprint density at radius 3 is 2.57 bits per heavy atom. The topological polar surface area (TPSA) is 21.3 Å². The Balaban J connectivity index is 2.28. The largest absolute Gasteiger partial charge is 0.382 e. The first-order valence-electron chi connectivity index (χ1n) is 6.01. The van der Waals surface area contributed by atoms with Crippen molar-refractivity contribution in [2.24, 2.45) is 11.3 Å². The van der Waals surface area contributed by atoms with Crippen molar-refractivity contribution in [3.05, 3.63) is 0 Å². The van der Waals surface area contributed by atoms with Crippen molar-refractivity contribution in [1.29, 1.82) is 0 Å². The third-order valence-electron chi connectivity index (χ3n) is 3.36. The zero-order chi connectivity index (χ0) is 10.4. The summed E-state index contributed by atoms with van der Waals surface area (Å²) in [6, 6.07) is 0. The van der Waals surface area contributed by atoms with Crippen LogP contribution in [-0.4, -0.2) is 26.3 Å². The second kappa shape index (κ2) is 5.72. The van der Waals surface area contributed by atoms with Crippen LogP contribution < -0.4 is 5.32 Å². The van der Waals surface area contributed by atoms with Gasteiger partial charge >= 0.3 is 0 Å². The molecule has 0 aromatic heterocycles. The predicted molar refractivity (Wildman–Crippen MR) is 60.5 cm³/mol. The predicted octanol–water partition coefficient (Wildman–Crippen LogP) is 2.44. The minimum Gasteiger partial charge on any atom is -0.382 e. The highest BCUT2D eigenvalue weighted by atomic mass is 16.5. The second-order valence-electron chi connectivity index (χ2n) is 4.66. The number of hydrogen-bond donors (Lipinski definition) is 1. The molecule has 1 aliphatic rings. The van der Waals surface area contributed by atoms with E-state index in [0.29, 0.717) is 5.41 Å². The molecule has 2 heteroatoms. The fraction of sp³-hybridized carbons (Fsp3) is 1.00. The molecule has 0 saturated heterocycles. The van der Waals surface area contributed by atoms with Gasteiger partial charge in [0.25, 0.3) is 0 Å². The Labute approximate surface area is 88.4 Å². The highest BCUT2D eigenvalue weighted by Crippen LogP contribution is 2.47. The lowest BCUT2D eigenvalue weighted by molar-refractivity contribution is 0.0986. The third kappa shape index (κ3) is 3.58. The van der Waals surface area contributed by atoms with Crippen LogP contribution in [0.3, 0.4) is 0 Å². The Morgan fingerprint density at radius 1 is 1.36 bits per heavy atom. The molecule has 0 aliphatic heterocycles. The molecule has 1 fully saturated rings. The highest BCUT2D eigenvalue weighted by Gasteiger charge is 2.40. The van der Waals surface area contributed by atoms with Crippen LogP contribution in [0.25, 0.3) is 0 Å². The first-order valence-corrected chi connectivity index (χ1v) is 6.01. The Morgan fingerprint density at radius 2 is 2.07 bits per heavy atom. The van der Waals surface area contributed by atoms with E-state index in [2.05, 4.69) is 26.1 Å². The number of nitrogens with one attached hydrogen (secondary N) is 1. The number of ether oxygens (including phenoxy) is 1. The minimum atomic E-state index is 0.477. The summed E-state index contributed by atoms with van der Waals surface area (Å²) in [4.78, 5) is 0. The molecule has 1 saturated carbocycles. The van der Waals surface area contributed by atoms with E-state index in [1.165, 1.54) is 19.3 Å². The molecule has 84 valence electrons. The van der Waals surface area contributed by atoms with Crippen molar-refractivity contribution in [3.8, 4) is 0 Å². The van der Waals surface area contributed by atoms with Gasteiger partial charge in [-0.05, 0) is 44.1 Å². The maximum absolute atomic E-state index is 5.46. The van der Waals surface area contributed by atoms with Crippen molar-refractivity contribution in [2.45, 2.75) is 40.0 Å². The van der Waals surface area contributed by atoms with Gasteiger partial charge in [0.05, 0.1) is 0 Å². The van der Waals surface area contributed by atoms with E-state index in [4.69, 9.17) is 4.74 Å². The van der Waals surface area contributed by atoms with Crippen LogP contribution in [0.2, 0.25) is 0 Å². The van der Waals surface area contributed by atoms with Crippen molar-refractivity contribution >= 4 is 0 Å². The van der Waals surface area contributed by atoms with Crippen LogP contribution in [0.15, 0.2) is 0 Å². The summed E-state index contributed by atoms with van der Waals surface area (Å²) in [5.41, 5.74) is 0.477. The van der Waals surface area contributed by atoms with E-state index in [9.17, 15) is 0 Å². The Kier molecular flexibility index (Phi) is 4.90. The van der Waals surface area contributed by atoms with Gasteiger partial charge in [-0.25, -0.2) is 0 Å². The molecule has 1 N–H and O–H groups in total. The Hall–Kier alpha value is -0.0800. The summed E-state index contributed by atoms with van der Waals surface area (Å²) in [6.07, 6.45) is 4.06. The molecule has 0 radical (unpaired) electrons. The van der Waals surface area contributed by atoms with Gasteiger partial charge in [0.15, 0.2) is 0 Å². The van der Waals surface area contributed by atoms with Crippen molar-refractivity contribution in [1.82, 2.24) is 5.32 Å². The lowest BCUT2D eigenvalue weighted by Crippen LogP contribution is -2.34. The van der Waals surface area contributed by atoms with E-state index in [1.807, 2.05) is 0 Å². The summed E-state index contributed by atoms with van der Waals surface area (Å²) in [5, 5.41) is 3.48. The van der Waals surface area contributed by atoms with Gasteiger partial charge in [0, 0.05) is 19.8 Å². The summed E-state index contributed by atoms with van der Waals surface area (Å²) >= 11 is 0. The van der Waals surface area contributed by atoms with Crippen LogP contribution in [0.5, 0.6) is 0 Å². The standard InChI is InChI=1S/C12H25NO/c1-4-13-10-12(3,11-6-7-11)8-9-14-5-2/h11,13H,4-10H2,1-3H3. The van der Waals surface area contributed by atoms with Gasteiger partial charge in [0.1, 0.15) is 0 Å². The molecular formula is C12H25NO.